The van der Waals surface area contributed by atoms with Crippen molar-refractivity contribution in [3.63, 3.8) is 0 Å². The maximum atomic E-state index is 12.2. The van der Waals surface area contributed by atoms with Crippen molar-refractivity contribution in [3.05, 3.63) is 62.6 Å². The molecule has 0 bridgehead atoms. The first-order valence-corrected chi connectivity index (χ1v) is 9.40. The Hall–Kier alpha value is -2.33. The number of aliphatic carboxylic acids is 1. The van der Waals surface area contributed by atoms with Crippen LogP contribution < -0.4 is 10.1 Å². The van der Waals surface area contributed by atoms with Gasteiger partial charge in [0, 0.05) is 9.13 Å². The highest BCUT2D eigenvalue weighted by Gasteiger charge is 2.24. The van der Waals surface area contributed by atoms with E-state index in [-0.39, 0.29) is 5.91 Å². The molecule has 2 aromatic carbocycles. The zero-order chi connectivity index (χ0) is 18.5. The largest absolute Gasteiger partial charge is 0.481 e. The number of hydrogen-bond acceptors (Lipinski definition) is 5. The zero-order valence-electron chi connectivity index (χ0n) is 13.3. The third-order valence-corrected chi connectivity index (χ3v) is 5.10. The van der Waals surface area contributed by atoms with Crippen molar-refractivity contribution in [2.24, 2.45) is 4.99 Å². The van der Waals surface area contributed by atoms with E-state index in [1.54, 1.807) is 30.3 Å². The molecule has 0 aromatic heterocycles. The quantitative estimate of drug-likeness (QED) is 0.504. The van der Waals surface area contributed by atoms with Crippen LogP contribution in [0.25, 0.3) is 6.08 Å². The van der Waals surface area contributed by atoms with E-state index in [1.807, 2.05) is 24.3 Å². The van der Waals surface area contributed by atoms with Gasteiger partial charge in [-0.1, -0.05) is 30.3 Å². The molecule has 1 amide bonds. The van der Waals surface area contributed by atoms with Crippen LogP contribution in [0.15, 0.2) is 58.4 Å². The molecule has 0 unspecified atom stereocenters. The molecule has 2 N–H and O–H groups in total. The monoisotopic (exact) mass is 480 g/mol. The molecule has 2 aromatic rings. The Balaban J connectivity index is 1.83. The summed E-state index contributed by atoms with van der Waals surface area (Å²) in [7, 11) is 0. The van der Waals surface area contributed by atoms with Gasteiger partial charge < -0.3 is 15.2 Å². The van der Waals surface area contributed by atoms with Crippen molar-refractivity contribution in [2.45, 2.75) is 0 Å². The van der Waals surface area contributed by atoms with Crippen LogP contribution in [0.4, 0.5) is 5.69 Å². The standard InChI is InChI=1S/C18H13IN2O4S/c19-12-6-2-3-7-13(12)20-18-21-17(24)15(26-18)9-11-5-1-4-8-14(11)25-10-16(22)23/h1-9H,10H2,(H,22,23)(H,20,21,24)/b15-9+. The molecule has 1 saturated heterocycles. The average molecular weight is 480 g/mol. The smallest absolute Gasteiger partial charge is 0.341 e. The summed E-state index contributed by atoms with van der Waals surface area (Å²) in [6, 6.07) is 14.6. The highest BCUT2D eigenvalue weighted by Crippen LogP contribution is 2.31. The number of amides is 1. The van der Waals surface area contributed by atoms with Crippen LogP contribution in [0.2, 0.25) is 0 Å². The van der Waals surface area contributed by atoms with E-state index >= 15 is 0 Å². The van der Waals surface area contributed by atoms with E-state index in [2.05, 4.69) is 32.9 Å². The number of hydrogen-bond donors (Lipinski definition) is 2. The van der Waals surface area contributed by atoms with Gasteiger partial charge in [0.2, 0.25) is 0 Å². The van der Waals surface area contributed by atoms with E-state index < -0.39 is 12.6 Å². The van der Waals surface area contributed by atoms with Crippen molar-refractivity contribution in [2.75, 3.05) is 6.61 Å². The van der Waals surface area contributed by atoms with Crippen LogP contribution in [0.3, 0.4) is 0 Å². The molecule has 1 aliphatic heterocycles. The number of amidine groups is 1. The molecular weight excluding hydrogens is 467 g/mol. The van der Waals surface area contributed by atoms with Gasteiger partial charge in [-0.15, -0.1) is 0 Å². The second-order valence-corrected chi connectivity index (χ2v) is 7.35. The number of para-hydroxylation sites is 2. The third kappa shape index (κ3) is 4.64. The van der Waals surface area contributed by atoms with E-state index in [0.717, 1.165) is 9.26 Å². The Morgan fingerprint density at radius 3 is 2.73 bits per heavy atom. The molecule has 132 valence electrons. The van der Waals surface area contributed by atoms with Crippen LogP contribution in [-0.4, -0.2) is 28.8 Å². The number of carbonyl (C=O) groups excluding carboxylic acids is 1. The zero-order valence-corrected chi connectivity index (χ0v) is 16.3. The van der Waals surface area contributed by atoms with Crippen molar-refractivity contribution in [1.29, 1.82) is 0 Å². The summed E-state index contributed by atoms with van der Waals surface area (Å²) >= 11 is 3.41. The van der Waals surface area contributed by atoms with Gasteiger partial charge in [0.15, 0.2) is 11.8 Å². The first-order chi connectivity index (χ1) is 12.5. The minimum Gasteiger partial charge on any atom is -0.481 e. The fraction of sp³-hybridized carbons (Fsp3) is 0.0556. The third-order valence-electron chi connectivity index (χ3n) is 3.28. The number of aliphatic imine (C=N–C) groups is 1. The predicted octanol–water partition coefficient (Wildman–Crippen LogP) is 3.65. The first-order valence-electron chi connectivity index (χ1n) is 7.50. The normalized spacial score (nSPS) is 16.7. The Kier molecular flexibility index (Phi) is 5.94. The molecule has 0 radical (unpaired) electrons. The molecule has 1 aliphatic rings. The summed E-state index contributed by atoms with van der Waals surface area (Å²) in [4.78, 5) is 27.9. The van der Waals surface area contributed by atoms with Crippen molar-refractivity contribution < 1.29 is 19.4 Å². The SMILES string of the molecule is O=C(O)COc1ccccc1/C=C1/SC(=Nc2ccccc2I)NC1=O. The number of nitrogens with zero attached hydrogens (tertiary/aromatic N) is 1. The number of thioether (sulfide) groups is 1. The van der Waals surface area contributed by atoms with Gasteiger partial charge in [-0.25, -0.2) is 9.79 Å². The number of halogens is 1. The van der Waals surface area contributed by atoms with Gasteiger partial charge in [0.1, 0.15) is 5.75 Å². The van der Waals surface area contributed by atoms with Crippen molar-refractivity contribution in [3.8, 4) is 5.75 Å². The summed E-state index contributed by atoms with van der Waals surface area (Å²) in [5.74, 6) is -0.918. The number of rotatable bonds is 5. The Morgan fingerprint density at radius 1 is 1.23 bits per heavy atom. The van der Waals surface area contributed by atoms with Crippen LogP contribution >= 0.6 is 34.4 Å². The Morgan fingerprint density at radius 2 is 1.96 bits per heavy atom. The van der Waals surface area contributed by atoms with Crippen molar-refractivity contribution >= 4 is 63.2 Å². The highest BCUT2D eigenvalue weighted by molar-refractivity contribution is 14.1. The lowest BCUT2D eigenvalue weighted by Crippen LogP contribution is -2.19. The van der Waals surface area contributed by atoms with E-state index in [4.69, 9.17) is 9.84 Å². The second-order valence-electron chi connectivity index (χ2n) is 5.15. The van der Waals surface area contributed by atoms with Crippen molar-refractivity contribution in [1.82, 2.24) is 5.32 Å². The summed E-state index contributed by atoms with van der Waals surface area (Å²) in [5, 5.41) is 12.0. The number of nitrogens with one attached hydrogen (secondary N) is 1. The van der Waals surface area contributed by atoms with Gasteiger partial charge in [0.05, 0.1) is 10.6 Å². The first kappa shape index (κ1) is 18.5. The molecule has 0 spiro atoms. The molecule has 1 fully saturated rings. The molecule has 1 heterocycles. The van der Waals surface area contributed by atoms with E-state index in [9.17, 15) is 9.59 Å². The predicted molar refractivity (Wildman–Crippen MR) is 110 cm³/mol. The summed E-state index contributed by atoms with van der Waals surface area (Å²) in [6.45, 7) is -0.446. The summed E-state index contributed by atoms with van der Waals surface area (Å²) in [5.41, 5.74) is 1.41. The van der Waals surface area contributed by atoms with Crippen LogP contribution in [0.5, 0.6) is 5.75 Å². The minimum absolute atomic E-state index is 0.257. The Labute approximate surface area is 167 Å². The number of benzene rings is 2. The summed E-state index contributed by atoms with van der Waals surface area (Å²) in [6.07, 6.45) is 1.66. The molecule has 0 atom stereocenters. The van der Waals surface area contributed by atoms with E-state index in [0.29, 0.717) is 21.4 Å². The average Bonchev–Trinajstić information content (AvgIpc) is 2.95. The number of carboxylic acids is 1. The van der Waals surface area contributed by atoms with Gasteiger partial charge in [0.25, 0.3) is 5.91 Å². The lowest BCUT2D eigenvalue weighted by Gasteiger charge is -2.06. The number of carboxylic acid groups (broad SMARTS) is 1. The highest BCUT2D eigenvalue weighted by atomic mass is 127. The molecule has 8 heteroatoms. The minimum atomic E-state index is -1.06. The topological polar surface area (TPSA) is 88.0 Å². The molecule has 26 heavy (non-hydrogen) atoms. The summed E-state index contributed by atoms with van der Waals surface area (Å²) < 4.78 is 6.25. The van der Waals surface area contributed by atoms with Crippen LogP contribution in [-0.2, 0) is 9.59 Å². The molecule has 0 saturated carbocycles. The van der Waals surface area contributed by atoms with Crippen LogP contribution in [0.1, 0.15) is 5.56 Å². The molecular formula is C18H13IN2O4S. The van der Waals surface area contributed by atoms with Gasteiger partial charge in [-0.3, -0.25) is 4.79 Å². The maximum absolute atomic E-state index is 12.2. The number of carbonyl (C=O) groups is 2. The molecule has 0 aliphatic carbocycles. The lowest BCUT2D eigenvalue weighted by atomic mass is 10.2. The van der Waals surface area contributed by atoms with E-state index in [1.165, 1.54) is 11.8 Å². The van der Waals surface area contributed by atoms with Gasteiger partial charge in [-0.2, -0.15) is 0 Å². The Bertz CT molecular complexity index is 927. The van der Waals surface area contributed by atoms with Gasteiger partial charge in [-0.05, 0) is 58.6 Å². The maximum Gasteiger partial charge on any atom is 0.341 e. The lowest BCUT2D eigenvalue weighted by molar-refractivity contribution is -0.139. The molecule has 3 rings (SSSR count). The molecule has 6 nitrogen and oxygen atoms in total. The number of ether oxygens (including phenoxy) is 1. The second kappa shape index (κ2) is 8.37. The fourth-order valence-electron chi connectivity index (χ4n) is 2.14. The fourth-order valence-corrected chi connectivity index (χ4v) is 3.48. The van der Waals surface area contributed by atoms with Gasteiger partial charge >= 0.3 is 5.97 Å². The van der Waals surface area contributed by atoms with Crippen LogP contribution in [0, 0.1) is 3.57 Å².